The molecular formula is C11H15BrN2O3S. The molecule has 0 aliphatic heterocycles. The SMILES string of the molecule is CC(C)(Br)C(=O)NCc1ccc(S(N)(=O)=O)cc1. The van der Waals surface area contributed by atoms with E-state index in [1.165, 1.54) is 12.1 Å². The molecule has 0 aromatic heterocycles. The van der Waals surface area contributed by atoms with Crippen molar-refractivity contribution < 1.29 is 13.2 Å². The second-order valence-corrected chi connectivity index (χ2v) is 7.89. The van der Waals surface area contributed by atoms with Crippen molar-refractivity contribution in [3.63, 3.8) is 0 Å². The molecule has 1 rings (SSSR count). The summed E-state index contributed by atoms with van der Waals surface area (Å²) in [5, 5.41) is 7.71. The highest BCUT2D eigenvalue weighted by Crippen LogP contribution is 2.16. The summed E-state index contributed by atoms with van der Waals surface area (Å²) in [6.45, 7) is 3.82. The van der Waals surface area contributed by atoms with Crippen LogP contribution in [0.4, 0.5) is 0 Å². The van der Waals surface area contributed by atoms with Crippen LogP contribution in [-0.4, -0.2) is 18.6 Å². The summed E-state index contributed by atoms with van der Waals surface area (Å²) < 4.78 is 21.5. The molecule has 0 bridgehead atoms. The lowest BCUT2D eigenvalue weighted by Crippen LogP contribution is -2.37. The van der Waals surface area contributed by atoms with Crippen LogP contribution < -0.4 is 10.5 Å². The third-order valence-electron chi connectivity index (χ3n) is 2.24. The molecule has 1 aromatic rings. The Hall–Kier alpha value is -0.920. The second kappa shape index (κ2) is 5.38. The number of rotatable bonds is 4. The summed E-state index contributed by atoms with van der Waals surface area (Å²) in [4.78, 5) is 11.6. The first kappa shape index (κ1) is 15.1. The molecular weight excluding hydrogens is 320 g/mol. The molecule has 1 aromatic carbocycles. The van der Waals surface area contributed by atoms with Gasteiger partial charge in [-0.05, 0) is 31.5 Å². The summed E-state index contributed by atoms with van der Waals surface area (Å²) in [6.07, 6.45) is 0. The molecule has 0 saturated heterocycles. The number of benzene rings is 1. The fourth-order valence-corrected chi connectivity index (χ4v) is 1.85. The number of nitrogens with one attached hydrogen (secondary N) is 1. The summed E-state index contributed by atoms with van der Waals surface area (Å²) in [7, 11) is -3.67. The van der Waals surface area contributed by atoms with E-state index in [1.54, 1.807) is 26.0 Å². The van der Waals surface area contributed by atoms with Gasteiger partial charge < -0.3 is 5.32 Å². The smallest absolute Gasteiger partial charge is 0.238 e. The molecule has 0 heterocycles. The first-order valence-electron chi connectivity index (χ1n) is 5.19. The lowest BCUT2D eigenvalue weighted by molar-refractivity contribution is -0.122. The zero-order valence-electron chi connectivity index (χ0n) is 10.1. The van der Waals surface area contributed by atoms with E-state index in [-0.39, 0.29) is 10.8 Å². The van der Waals surface area contributed by atoms with E-state index in [0.29, 0.717) is 6.54 Å². The van der Waals surface area contributed by atoms with Gasteiger partial charge in [0.2, 0.25) is 15.9 Å². The summed E-state index contributed by atoms with van der Waals surface area (Å²) >= 11 is 3.25. The Bertz CT molecular complexity index is 532. The van der Waals surface area contributed by atoms with Gasteiger partial charge in [0.25, 0.3) is 0 Å². The van der Waals surface area contributed by atoms with Crippen molar-refractivity contribution in [2.24, 2.45) is 5.14 Å². The van der Waals surface area contributed by atoms with E-state index in [4.69, 9.17) is 5.14 Å². The molecule has 5 nitrogen and oxygen atoms in total. The second-order valence-electron chi connectivity index (χ2n) is 4.34. The number of carbonyl (C=O) groups excluding carboxylic acids is 1. The number of nitrogens with two attached hydrogens (primary N) is 1. The Morgan fingerprint density at radius 2 is 1.83 bits per heavy atom. The van der Waals surface area contributed by atoms with Crippen molar-refractivity contribution >= 4 is 31.9 Å². The van der Waals surface area contributed by atoms with Crippen LogP contribution in [0.5, 0.6) is 0 Å². The number of carbonyl (C=O) groups is 1. The number of halogens is 1. The fraction of sp³-hybridized carbons (Fsp3) is 0.364. The highest BCUT2D eigenvalue weighted by atomic mass is 79.9. The molecule has 0 atom stereocenters. The van der Waals surface area contributed by atoms with Gasteiger partial charge in [-0.1, -0.05) is 28.1 Å². The summed E-state index contributed by atoms with van der Waals surface area (Å²) in [6, 6.07) is 6.05. The topological polar surface area (TPSA) is 89.3 Å². The Balaban J connectivity index is 2.69. The molecule has 0 aliphatic rings. The van der Waals surface area contributed by atoms with Crippen molar-refractivity contribution in [2.45, 2.75) is 29.6 Å². The predicted octanol–water partition coefficient (Wildman–Crippen LogP) is 1.12. The van der Waals surface area contributed by atoms with Gasteiger partial charge in [0, 0.05) is 6.54 Å². The maximum Gasteiger partial charge on any atom is 0.238 e. The molecule has 3 N–H and O–H groups in total. The highest BCUT2D eigenvalue weighted by Gasteiger charge is 2.22. The van der Waals surface area contributed by atoms with Crippen molar-refractivity contribution in [2.75, 3.05) is 0 Å². The molecule has 0 radical (unpaired) electrons. The number of hydrogen-bond acceptors (Lipinski definition) is 3. The Morgan fingerprint density at radius 1 is 1.33 bits per heavy atom. The van der Waals surface area contributed by atoms with Crippen molar-refractivity contribution in [1.82, 2.24) is 5.32 Å². The zero-order valence-corrected chi connectivity index (χ0v) is 12.5. The third-order valence-corrected chi connectivity index (χ3v) is 3.53. The van der Waals surface area contributed by atoms with E-state index < -0.39 is 14.3 Å². The Morgan fingerprint density at radius 3 is 2.22 bits per heavy atom. The molecule has 100 valence electrons. The van der Waals surface area contributed by atoms with E-state index in [9.17, 15) is 13.2 Å². The number of primary sulfonamides is 1. The van der Waals surface area contributed by atoms with Gasteiger partial charge in [0.15, 0.2) is 0 Å². The van der Waals surface area contributed by atoms with Crippen LogP contribution in [-0.2, 0) is 21.4 Å². The average Bonchev–Trinajstić information content (AvgIpc) is 2.24. The summed E-state index contributed by atoms with van der Waals surface area (Å²) in [5.41, 5.74) is 0.799. The normalized spacial score (nSPS) is 12.2. The van der Waals surface area contributed by atoms with E-state index in [0.717, 1.165) is 5.56 Å². The van der Waals surface area contributed by atoms with Gasteiger partial charge in [0.1, 0.15) is 0 Å². The molecule has 7 heteroatoms. The van der Waals surface area contributed by atoms with E-state index in [1.807, 2.05) is 0 Å². The van der Waals surface area contributed by atoms with Crippen molar-refractivity contribution in [1.29, 1.82) is 0 Å². The third kappa shape index (κ3) is 4.40. The molecule has 0 saturated carbocycles. The standard InChI is InChI=1S/C11H15BrN2O3S/c1-11(2,12)10(15)14-7-8-3-5-9(6-4-8)18(13,16)17/h3-6H,7H2,1-2H3,(H,14,15)(H2,13,16,17). The zero-order chi connectivity index (χ0) is 14.0. The van der Waals surface area contributed by atoms with Crippen molar-refractivity contribution in [3.8, 4) is 0 Å². The minimum Gasteiger partial charge on any atom is -0.351 e. The first-order chi connectivity index (χ1) is 8.10. The maximum atomic E-state index is 11.6. The van der Waals surface area contributed by atoms with Gasteiger partial charge in [-0.2, -0.15) is 0 Å². The molecule has 1 amide bonds. The van der Waals surface area contributed by atoms with Crippen LogP contribution in [0.25, 0.3) is 0 Å². The van der Waals surface area contributed by atoms with Gasteiger partial charge in [-0.15, -0.1) is 0 Å². The Kier molecular flexibility index (Phi) is 4.52. The van der Waals surface area contributed by atoms with Crippen LogP contribution in [0.1, 0.15) is 19.4 Å². The summed E-state index contributed by atoms with van der Waals surface area (Å²) in [5.74, 6) is -0.141. The number of alkyl halides is 1. The highest BCUT2D eigenvalue weighted by molar-refractivity contribution is 9.10. The van der Waals surface area contributed by atoms with Crippen LogP contribution in [0.15, 0.2) is 29.2 Å². The molecule has 18 heavy (non-hydrogen) atoms. The monoisotopic (exact) mass is 334 g/mol. The lowest BCUT2D eigenvalue weighted by atomic mass is 10.2. The largest absolute Gasteiger partial charge is 0.351 e. The molecule has 0 fully saturated rings. The lowest BCUT2D eigenvalue weighted by Gasteiger charge is -2.15. The van der Waals surface area contributed by atoms with Gasteiger partial charge in [0.05, 0.1) is 9.22 Å². The van der Waals surface area contributed by atoms with Gasteiger partial charge >= 0.3 is 0 Å². The minimum absolute atomic E-state index is 0.0541. The average molecular weight is 335 g/mol. The molecule has 0 spiro atoms. The first-order valence-corrected chi connectivity index (χ1v) is 7.53. The molecule has 0 aliphatic carbocycles. The fourth-order valence-electron chi connectivity index (χ4n) is 1.19. The minimum atomic E-state index is -3.67. The van der Waals surface area contributed by atoms with Crippen LogP contribution in [0, 0.1) is 0 Å². The Labute approximate surface area is 115 Å². The van der Waals surface area contributed by atoms with E-state index >= 15 is 0 Å². The number of hydrogen-bond donors (Lipinski definition) is 2. The maximum absolute atomic E-state index is 11.6. The van der Waals surface area contributed by atoms with Gasteiger partial charge in [-0.3, -0.25) is 4.79 Å². The predicted molar refractivity (Wildman–Crippen MR) is 72.7 cm³/mol. The molecule has 0 unspecified atom stereocenters. The van der Waals surface area contributed by atoms with Gasteiger partial charge in [-0.25, -0.2) is 13.6 Å². The number of amides is 1. The van der Waals surface area contributed by atoms with Crippen molar-refractivity contribution in [3.05, 3.63) is 29.8 Å². The van der Waals surface area contributed by atoms with Crippen LogP contribution in [0.2, 0.25) is 0 Å². The quantitative estimate of drug-likeness (QED) is 0.808. The number of sulfonamides is 1. The van der Waals surface area contributed by atoms with E-state index in [2.05, 4.69) is 21.2 Å². The van der Waals surface area contributed by atoms with Crippen LogP contribution >= 0.6 is 15.9 Å². The van der Waals surface area contributed by atoms with Crippen LogP contribution in [0.3, 0.4) is 0 Å².